The highest BCUT2D eigenvalue weighted by atomic mass is 32.2. The first-order chi connectivity index (χ1) is 29.3. The van der Waals surface area contributed by atoms with Crippen LogP contribution in [0.3, 0.4) is 0 Å². The van der Waals surface area contributed by atoms with Gasteiger partial charge in [-0.1, -0.05) is 112 Å². The lowest BCUT2D eigenvalue weighted by atomic mass is 9.62. The number of thioether (sulfide) groups is 2. The molecule has 1 aromatic heterocycles. The quantitative estimate of drug-likeness (QED) is 0.259. The number of nitrogens with zero attached hydrogens (tertiary/aromatic N) is 6. The highest BCUT2D eigenvalue weighted by Crippen LogP contribution is 2.61. The number of hydrogen-bond donors (Lipinski definition) is 0. The molecule has 13 rings (SSSR count). The largest absolute Gasteiger partial charge is 0.334 e. The van der Waals surface area contributed by atoms with Crippen molar-refractivity contribution >= 4 is 29.5 Å². The zero-order valence-electron chi connectivity index (χ0n) is 35.2. The molecule has 4 saturated heterocycles. The van der Waals surface area contributed by atoms with E-state index >= 15 is 0 Å². The Balaban J connectivity index is 0.976. The van der Waals surface area contributed by atoms with Gasteiger partial charge in [0.15, 0.2) is 11.6 Å². The second kappa shape index (κ2) is 15.3. The van der Waals surface area contributed by atoms with Crippen molar-refractivity contribution in [1.82, 2.24) is 24.8 Å². The summed E-state index contributed by atoms with van der Waals surface area (Å²) in [5.41, 5.74) is 2.19. The van der Waals surface area contributed by atoms with Crippen molar-refractivity contribution in [2.75, 3.05) is 4.90 Å². The van der Waals surface area contributed by atoms with E-state index < -0.39 is 0 Å². The summed E-state index contributed by atoms with van der Waals surface area (Å²) in [6.45, 7) is 0. The molecule has 3 aromatic rings. The van der Waals surface area contributed by atoms with E-state index in [4.69, 9.17) is 15.0 Å². The summed E-state index contributed by atoms with van der Waals surface area (Å²) in [5, 5.41) is 3.39. The third-order valence-corrected chi connectivity index (χ3v) is 21.9. The van der Waals surface area contributed by atoms with Crippen molar-refractivity contribution < 1.29 is 0 Å². The van der Waals surface area contributed by atoms with Gasteiger partial charge in [-0.3, -0.25) is 9.80 Å². The topological polar surface area (TPSA) is 48.4 Å². The standard InChI is InChI=1S/C51H66N6S2/c1-3-15-31(16-4-1)49-52-50(32-17-5-2-6-18-32)54-51(53-49)57-37-22-8-7-19-33(37)36-29-41-42(30-40(36)57)56-39-24-10-12-26-44(39)59-46-28-14-21-35(48(46)56)34-20-13-27-45-47(34)55(41)38-23-9-11-25-43(38)58-45/h1-6,15-18,33-48H,7-14,19-30H2. The highest BCUT2D eigenvalue weighted by Gasteiger charge is 2.64. The molecule has 0 spiro atoms. The molecule has 2 aromatic carbocycles. The first kappa shape index (κ1) is 37.4. The van der Waals surface area contributed by atoms with Gasteiger partial charge in [-0.05, 0) is 101 Å². The van der Waals surface area contributed by atoms with Gasteiger partial charge in [0.05, 0.1) is 0 Å². The maximum Gasteiger partial charge on any atom is 0.230 e. The Morgan fingerprint density at radius 2 is 0.864 bits per heavy atom. The molecule has 16 atom stereocenters. The molecule has 10 aliphatic rings. The first-order valence-electron chi connectivity index (χ1n) is 24.8. The number of aromatic nitrogens is 3. The molecule has 0 bridgehead atoms. The fraction of sp³-hybridized carbons (Fsp3) is 0.706. The minimum absolute atomic E-state index is 0.495. The van der Waals surface area contributed by atoms with Gasteiger partial charge in [0.2, 0.25) is 5.95 Å². The second-order valence-electron chi connectivity index (χ2n) is 21.0. The molecule has 6 nitrogen and oxygen atoms in total. The zero-order valence-corrected chi connectivity index (χ0v) is 36.8. The van der Waals surface area contributed by atoms with E-state index in [2.05, 4.69) is 98.9 Å². The fourth-order valence-corrected chi connectivity index (χ4v) is 20.4. The second-order valence-corrected chi connectivity index (χ2v) is 23.9. The van der Waals surface area contributed by atoms with Crippen molar-refractivity contribution in [2.24, 2.45) is 23.7 Å². The van der Waals surface area contributed by atoms with Gasteiger partial charge < -0.3 is 4.90 Å². The van der Waals surface area contributed by atoms with E-state index in [0.717, 1.165) is 97.6 Å². The molecule has 0 amide bonds. The summed E-state index contributed by atoms with van der Waals surface area (Å²) < 4.78 is 0. The summed E-state index contributed by atoms with van der Waals surface area (Å²) in [7, 11) is 0. The third kappa shape index (κ3) is 6.11. The van der Waals surface area contributed by atoms with Crippen LogP contribution in [0.5, 0.6) is 0 Å². The van der Waals surface area contributed by atoms with E-state index in [-0.39, 0.29) is 0 Å². The minimum Gasteiger partial charge on any atom is -0.334 e. The number of benzene rings is 2. The maximum atomic E-state index is 5.56. The van der Waals surface area contributed by atoms with Crippen LogP contribution in [0.1, 0.15) is 128 Å². The molecular weight excluding hydrogens is 761 g/mol. The van der Waals surface area contributed by atoms with Gasteiger partial charge in [-0.25, -0.2) is 4.98 Å². The lowest BCUT2D eigenvalue weighted by molar-refractivity contribution is -0.134. The van der Waals surface area contributed by atoms with Gasteiger partial charge in [-0.15, -0.1) is 0 Å². The van der Waals surface area contributed by atoms with Crippen molar-refractivity contribution in [3.05, 3.63) is 60.7 Å². The maximum absolute atomic E-state index is 5.56. The highest BCUT2D eigenvalue weighted by molar-refractivity contribution is 8.00. The van der Waals surface area contributed by atoms with Crippen LogP contribution in [0.2, 0.25) is 0 Å². The third-order valence-electron chi connectivity index (χ3n) is 18.4. The van der Waals surface area contributed by atoms with Gasteiger partial charge in [0, 0.05) is 80.5 Å². The molecule has 0 radical (unpaired) electrons. The number of hydrogen-bond acceptors (Lipinski definition) is 8. The van der Waals surface area contributed by atoms with E-state index in [1.165, 1.54) is 128 Å². The van der Waals surface area contributed by atoms with Crippen LogP contribution in [0.4, 0.5) is 5.95 Å². The van der Waals surface area contributed by atoms with Crippen LogP contribution in [-0.4, -0.2) is 94.1 Å². The summed E-state index contributed by atoms with van der Waals surface area (Å²) in [6, 6.07) is 27.0. The van der Waals surface area contributed by atoms with Crippen molar-refractivity contribution in [3.8, 4) is 22.8 Å². The van der Waals surface area contributed by atoms with E-state index in [0.29, 0.717) is 24.2 Å². The average Bonchev–Trinajstić information content (AvgIpc) is 3.62. The number of fused-ring (bicyclic) bond motifs is 11. The van der Waals surface area contributed by atoms with Gasteiger partial charge in [0.25, 0.3) is 0 Å². The summed E-state index contributed by atoms with van der Waals surface area (Å²) in [6.07, 6.45) is 28.6. The van der Waals surface area contributed by atoms with Gasteiger partial charge in [-0.2, -0.15) is 33.5 Å². The number of rotatable bonds is 3. The molecular formula is C51H66N6S2. The summed E-state index contributed by atoms with van der Waals surface area (Å²) in [4.78, 5) is 26.2. The van der Waals surface area contributed by atoms with Crippen LogP contribution in [0, 0.1) is 23.7 Å². The summed E-state index contributed by atoms with van der Waals surface area (Å²) >= 11 is 5.06. The zero-order chi connectivity index (χ0) is 38.6. The lowest BCUT2D eigenvalue weighted by Crippen LogP contribution is -2.77. The molecule has 4 aliphatic heterocycles. The van der Waals surface area contributed by atoms with E-state index in [1.807, 2.05) is 0 Å². The SMILES string of the molecule is c1ccc(-c2nc(-c3ccccc3)nc(N3C4CCCCC4C4CC5C(CC43)N3C4CCCCC4SC4CCCC(C6CCCC7SC8CCCCC8N5C76)C43)n2)cc1. The Morgan fingerprint density at radius 1 is 0.390 bits per heavy atom. The monoisotopic (exact) mass is 826 g/mol. The van der Waals surface area contributed by atoms with Crippen LogP contribution >= 0.6 is 23.5 Å². The van der Waals surface area contributed by atoms with Gasteiger partial charge >= 0.3 is 0 Å². The molecule has 312 valence electrons. The van der Waals surface area contributed by atoms with Crippen LogP contribution in [-0.2, 0) is 0 Å². The van der Waals surface area contributed by atoms with Crippen molar-refractivity contribution in [2.45, 2.75) is 198 Å². The van der Waals surface area contributed by atoms with E-state index in [9.17, 15) is 0 Å². The smallest absolute Gasteiger partial charge is 0.230 e. The first-order valence-corrected chi connectivity index (χ1v) is 26.7. The molecule has 6 aliphatic carbocycles. The normalized spacial score (nSPS) is 44.0. The molecule has 59 heavy (non-hydrogen) atoms. The van der Waals surface area contributed by atoms with Crippen molar-refractivity contribution in [3.63, 3.8) is 0 Å². The Hall–Kier alpha value is -2.13. The predicted octanol–water partition coefficient (Wildman–Crippen LogP) is 10.9. The Kier molecular flexibility index (Phi) is 9.70. The molecule has 0 N–H and O–H groups in total. The molecule has 16 unspecified atom stereocenters. The molecule has 8 heteroatoms. The fourth-order valence-electron chi connectivity index (χ4n) is 16.4. The molecule has 10 fully saturated rings. The molecule has 5 heterocycles. The van der Waals surface area contributed by atoms with E-state index in [1.54, 1.807) is 0 Å². The van der Waals surface area contributed by atoms with Crippen LogP contribution < -0.4 is 4.90 Å². The van der Waals surface area contributed by atoms with Crippen molar-refractivity contribution in [1.29, 1.82) is 0 Å². The lowest BCUT2D eigenvalue weighted by Gasteiger charge is -2.69. The molecule has 6 saturated carbocycles. The predicted molar refractivity (Wildman–Crippen MR) is 244 cm³/mol. The van der Waals surface area contributed by atoms with Crippen LogP contribution in [0.15, 0.2) is 60.7 Å². The number of anilines is 1. The Labute approximate surface area is 362 Å². The minimum atomic E-state index is 0.495. The Morgan fingerprint density at radius 3 is 1.44 bits per heavy atom. The average molecular weight is 827 g/mol. The van der Waals surface area contributed by atoms with Crippen LogP contribution in [0.25, 0.3) is 22.8 Å². The Bertz CT molecular complexity index is 1930. The van der Waals surface area contributed by atoms with Gasteiger partial charge in [0.1, 0.15) is 0 Å². The summed E-state index contributed by atoms with van der Waals surface area (Å²) in [5.74, 6) is 5.88.